The molecule has 1 aromatic rings. The maximum absolute atomic E-state index is 12.3. The van der Waals surface area contributed by atoms with Gasteiger partial charge in [-0.15, -0.1) is 0 Å². The number of piperazine rings is 1. The number of hydrogen-bond donors (Lipinski definition) is 1. The standard InChI is InChI=1S/C13H18BrN3O2/c1-16(13(18)17-7-5-15-6-8-17)10-3-4-12(19-2)11(14)9-10/h3-4,9,15H,5-8H2,1-2H3. The molecule has 1 saturated heterocycles. The summed E-state index contributed by atoms with van der Waals surface area (Å²) in [4.78, 5) is 15.9. The summed E-state index contributed by atoms with van der Waals surface area (Å²) in [6, 6.07) is 5.64. The van der Waals surface area contributed by atoms with E-state index in [0.29, 0.717) is 0 Å². The summed E-state index contributed by atoms with van der Waals surface area (Å²) >= 11 is 3.43. The monoisotopic (exact) mass is 327 g/mol. The van der Waals surface area contributed by atoms with Gasteiger partial charge in [-0.2, -0.15) is 0 Å². The molecule has 0 atom stereocenters. The van der Waals surface area contributed by atoms with Crippen molar-refractivity contribution in [3.8, 4) is 5.75 Å². The summed E-state index contributed by atoms with van der Waals surface area (Å²) in [5.74, 6) is 0.756. The molecular weight excluding hydrogens is 310 g/mol. The van der Waals surface area contributed by atoms with Gasteiger partial charge in [-0.3, -0.25) is 4.90 Å². The van der Waals surface area contributed by atoms with Crippen molar-refractivity contribution in [2.75, 3.05) is 45.2 Å². The normalized spacial score (nSPS) is 15.2. The lowest BCUT2D eigenvalue weighted by Crippen LogP contribution is -2.50. The predicted octanol–water partition coefficient (Wildman–Crippen LogP) is 1.92. The van der Waals surface area contributed by atoms with Crippen molar-refractivity contribution in [2.45, 2.75) is 0 Å². The van der Waals surface area contributed by atoms with E-state index in [9.17, 15) is 4.79 Å². The van der Waals surface area contributed by atoms with E-state index in [2.05, 4.69) is 21.2 Å². The molecule has 2 rings (SSSR count). The molecule has 1 aliphatic heterocycles. The highest BCUT2D eigenvalue weighted by atomic mass is 79.9. The molecule has 104 valence electrons. The molecule has 1 aliphatic rings. The number of nitrogens with zero attached hydrogens (tertiary/aromatic N) is 2. The smallest absolute Gasteiger partial charge is 0.324 e. The Labute approximate surface area is 121 Å². The van der Waals surface area contributed by atoms with Crippen molar-refractivity contribution in [3.05, 3.63) is 22.7 Å². The molecule has 0 radical (unpaired) electrons. The fourth-order valence-electron chi connectivity index (χ4n) is 2.04. The largest absolute Gasteiger partial charge is 0.496 e. The molecule has 5 nitrogen and oxygen atoms in total. The molecule has 0 spiro atoms. The highest BCUT2D eigenvalue weighted by molar-refractivity contribution is 9.10. The molecule has 19 heavy (non-hydrogen) atoms. The molecule has 0 bridgehead atoms. The highest BCUT2D eigenvalue weighted by Crippen LogP contribution is 2.29. The van der Waals surface area contributed by atoms with E-state index < -0.39 is 0 Å². The maximum atomic E-state index is 12.3. The van der Waals surface area contributed by atoms with Crippen LogP contribution < -0.4 is 15.0 Å². The van der Waals surface area contributed by atoms with E-state index >= 15 is 0 Å². The number of carbonyl (C=O) groups is 1. The minimum Gasteiger partial charge on any atom is -0.496 e. The van der Waals surface area contributed by atoms with E-state index in [1.165, 1.54) is 0 Å². The molecule has 0 saturated carbocycles. The lowest BCUT2D eigenvalue weighted by Gasteiger charge is -2.31. The number of carbonyl (C=O) groups excluding carboxylic acids is 1. The minimum atomic E-state index is 0.0265. The van der Waals surface area contributed by atoms with Gasteiger partial charge >= 0.3 is 6.03 Å². The molecule has 0 aliphatic carbocycles. The zero-order valence-electron chi connectivity index (χ0n) is 11.1. The number of halogens is 1. The molecule has 1 aromatic carbocycles. The van der Waals surface area contributed by atoms with Gasteiger partial charge in [0, 0.05) is 38.9 Å². The average Bonchev–Trinajstić information content (AvgIpc) is 2.46. The van der Waals surface area contributed by atoms with Crippen LogP contribution in [0.2, 0.25) is 0 Å². The Kier molecular flexibility index (Phi) is 4.66. The molecule has 2 amide bonds. The zero-order chi connectivity index (χ0) is 13.8. The fraction of sp³-hybridized carbons (Fsp3) is 0.462. The Morgan fingerprint density at radius 1 is 1.42 bits per heavy atom. The molecular formula is C13H18BrN3O2. The van der Waals surface area contributed by atoms with Crippen LogP contribution in [0, 0.1) is 0 Å². The number of nitrogens with one attached hydrogen (secondary N) is 1. The van der Waals surface area contributed by atoms with Crippen LogP contribution in [-0.2, 0) is 0 Å². The van der Waals surface area contributed by atoms with Crippen LogP contribution in [0.1, 0.15) is 0 Å². The third kappa shape index (κ3) is 3.19. The van der Waals surface area contributed by atoms with Gasteiger partial charge in [0.15, 0.2) is 0 Å². The summed E-state index contributed by atoms with van der Waals surface area (Å²) in [6.45, 7) is 3.21. The van der Waals surface area contributed by atoms with Crippen molar-refractivity contribution in [3.63, 3.8) is 0 Å². The Balaban J connectivity index is 2.11. The minimum absolute atomic E-state index is 0.0265. The number of benzene rings is 1. The lowest BCUT2D eigenvalue weighted by atomic mass is 10.3. The highest BCUT2D eigenvalue weighted by Gasteiger charge is 2.21. The zero-order valence-corrected chi connectivity index (χ0v) is 12.7. The SMILES string of the molecule is COc1ccc(N(C)C(=O)N2CCNCC2)cc1Br. The van der Waals surface area contributed by atoms with Gasteiger partial charge in [0.2, 0.25) is 0 Å². The van der Waals surface area contributed by atoms with Crippen LogP contribution in [0.5, 0.6) is 5.75 Å². The van der Waals surface area contributed by atoms with Crippen molar-refractivity contribution in [2.24, 2.45) is 0 Å². The van der Waals surface area contributed by atoms with Gasteiger partial charge in [0.1, 0.15) is 5.75 Å². The first kappa shape index (κ1) is 14.1. The Hall–Kier alpha value is -1.27. The fourth-order valence-corrected chi connectivity index (χ4v) is 2.57. The van der Waals surface area contributed by atoms with E-state index in [-0.39, 0.29) is 6.03 Å². The third-order valence-electron chi connectivity index (χ3n) is 3.20. The molecule has 1 fully saturated rings. The predicted molar refractivity (Wildman–Crippen MR) is 78.9 cm³/mol. The van der Waals surface area contributed by atoms with E-state index in [1.54, 1.807) is 19.1 Å². The van der Waals surface area contributed by atoms with Gasteiger partial charge in [-0.1, -0.05) is 0 Å². The second kappa shape index (κ2) is 6.25. The van der Waals surface area contributed by atoms with Crippen LogP contribution in [0.3, 0.4) is 0 Å². The van der Waals surface area contributed by atoms with Gasteiger partial charge in [-0.05, 0) is 34.1 Å². The van der Waals surface area contributed by atoms with Crippen molar-refractivity contribution in [1.82, 2.24) is 10.2 Å². The van der Waals surface area contributed by atoms with Gasteiger partial charge < -0.3 is 15.0 Å². The second-order valence-corrected chi connectivity index (χ2v) is 5.25. The number of urea groups is 1. The van der Waals surface area contributed by atoms with Gasteiger partial charge in [0.05, 0.1) is 11.6 Å². The van der Waals surface area contributed by atoms with E-state index in [4.69, 9.17) is 4.74 Å². The van der Waals surface area contributed by atoms with Crippen LogP contribution >= 0.6 is 15.9 Å². The number of amides is 2. The van der Waals surface area contributed by atoms with Gasteiger partial charge in [-0.25, -0.2) is 4.79 Å². The number of hydrogen-bond acceptors (Lipinski definition) is 3. The van der Waals surface area contributed by atoms with Crippen LogP contribution in [0.25, 0.3) is 0 Å². The molecule has 0 aromatic heterocycles. The number of rotatable bonds is 2. The van der Waals surface area contributed by atoms with Crippen LogP contribution in [0.15, 0.2) is 22.7 Å². The first-order valence-electron chi connectivity index (χ1n) is 6.20. The second-order valence-electron chi connectivity index (χ2n) is 4.40. The van der Waals surface area contributed by atoms with E-state index in [0.717, 1.165) is 42.1 Å². The van der Waals surface area contributed by atoms with Crippen molar-refractivity contribution >= 4 is 27.6 Å². The lowest BCUT2D eigenvalue weighted by molar-refractivity contribution is 0.198. The molecule has 1 N–H and O–H groups in total. The number of anilines is 1. The molecule has 1 heterocycles. The number of methoxy groups -OCH3 is 1. The Morgan fingerprint density at radius 2 is 2.11 bits per heavy atom. The van der Waals surface area contributed by atoms with Crippen LogP contribution in [0.4, 0.5) is 10.5 Å². The molecule has 0 unspecified atom stereocenters. The number of ether oxygens (including phenoxy) is 1. The molecule has 6 heteroatoms. The summed E-state index contributed by atoms with van der Waals surface area (Å²) < 4.78 is 6.03. The van der Waals surface area contributed by atoms with Crippen molar-refractivity contribution in [1.29, 1.82) is 0 Å². The maximum Gasteiger partial charge on any atom is 0.324 e. The summed E-state index contributed by atoms with van der Waals surface area (Å²) in [6.07, 6.45) is 0. The van der Waals surface area contributed by atoms with Crippen LogP contribution in [-0.4, -0.2) is 51.3 Å². The quantitative estimate of drug-likeness (QED) is 0.902. The van der Waals surface area contributed by atoms with Crippen molar-refractivity contribution < 1.29 is 9.53 Å². The first-order chi connectivity index (χ1) is 9.13. The Bertz CT molecular complexity index is 461. The summed E-state index contributed by atoms with van der Waals surface area (Å²) in [5, 5.41) is 3.24. The van der Waals surface area contributed by atoms with Gasteiger partial charge in [0.25, 0.3) is 0 Å². The first-order valence-corrected chi connectivity index (χ1v) is 6.99. The summed E-state index contributed by atoms with van der Waals surface area (Å²) in [7, 11) is 3.41. The Morgan fingerprint density at radius 3 is 2.68 bits per heavy atom. The topological polar surface area (TPSA) is 44.8 Å². The average molecular weight is 328 g/mol. The van der Waals surface area contributed by atoms with E-state index in [1.807, 2.05) is 23.1 Å². The third-order valence-corrected chi connectivity index (χ3v) is 3.82. The summed E-state index contributed by atoms with van der Waals surface area (Å²) in [5.41, 5.74) is 0.844.